The van der Waals surface area contributed by atoms with Crippen molar-refractivity contribution in [2.24, 2.45) is 0 Å². The zero-order valence-corrected chi connectivity index (χ0v) is 33.0. The van der Waals surface area contributed by atoms with Crippen LogP contribution >= 0.6 is 0 Å². The summed E-state index contributed by atoms with van der Waals surface area (Å²) in [5, 5.41) is 42.6. The Kier molecular flexibility index (Phi) is 14.7. The van der Waals surface area contributed by atoms with Gasteiger partial charge in [-0.3, -0.25) is 0 Å². The largest absolute Gasteiger partial charge is 2.00 e. The number of hydrogen-bond donors (Lipinski definition) is 2. The third kappa shape index (κ3) is 10.8. The van der Waals surface area contributed by atoms with E-state index in [9.17, 15) is 19.8 Å². The van der Waals surface area contributed by atoms with Crippen LogP contribution in [0.4, 0.5) is 0 Å². The molecular weight excluding hydrogens is 714 g/mol. The Morgan fingerprint density at radius 1 is 0.472 bits per heavy atom. The zero-order chi connectivity index (χ0) is 37.0. The summed E-state index contributed by atoms with van der Waals surface area (Å²) >= 11 is 0. The number of para-hydroxylation sites is 2. The maximum Gasteiger partial charge on any atom is 2.00 e. The van der Waals surface area contributed by atoms with Crippen LogP contribution in [0.25, 0.3) is 0 Å². The molecule has 2 N–H and O–H groups in total. The van der Waals surface area contributed by atoms with E-state index in [2.05, 4.69) is 62.4 Å². The molecule has 6 nitrogen and oxygen atoms in total. The number of carbonyl (C=O) groups is 2. The molecule has 7 heteroatoms. The molecule has 0 fully saturated rings. The van der Waals surface area contributed by atoms with Gasteiger partial charge in [0.25, 0.3) is 0 Å². The van der Waals surface area contributed by atoms with Crippen LogP contribution in [0.5, 0.6) is 11.5 Å². The Morgan fingerprint density at radius 2 is 0.811 bits per heavy atom. The van der Waals surface area contributed by atoms with Crippen LogP contribution < -0.4 is 10.2 Å². The van der Waals surface area contributed by atoms with E-state index in [-0.39, 0.29) is 42.1 Å². The minimum absolute atomic E-state index is 0. The number of carboxylic acids is 2. The maximum atomic E-state index is 12.2. The second kappa shape index (κ2) is 19.4. The van der Waals surface area contributed by atoms with E-state index in [4.69, 9.17) is 10.2 Å². The Labute approximate surface area is 324 Å². The Balaban J connectivity index is 0.000000232. The number of hydrogen-bond acceptors (Lipinski definition) is 4. The van der Waals surface area contributed by atoms with Crippen LogP contribution in [-0.2, 0) is 45.2 Å². The van der Waals surface area contributed by atoms with Crippen molar-refractivity contribution in [3.63, 3.8) is 0 Å². The average molecular weight is 756 g/mol. The number of rotatable bonds is 12. The van der Waals surface area contributed by atoms with Gasteiger partial charge in [-0.1, -0.05) is 170 Å². The monoisotopic (exact) mass is 754 g/mol. The summed E-state index contributed by atoms with van der Waals surface area (Å²) in [5.41, 5.74) is 8.06. The molecular formula is C46H42O6Zn. The van der Waals surface area contributed by atoms with Crippen molar-refractivity contribution < 1.29 is 49.5 Å². The fraction of sp³-hybridized carbons (Fsp3) is 0.174. The molecule has 2 unspecified atom stereocenters. The van der Waals surface area contributed by atoms with Gasteiger partial charge in [0, 0.05) is 11.8 Å². The predicted octanol–water partition coefficient (Wildman–Crippen LogP) is 8.79. The molecule has 264 valence electrons. The molecule has 6 rings (SSSR count). The average Bonchev–Trinajstić information content (AvgIpc) is 3.17. The second-order valence-corrected chi connectivity index (χ2v) is 13.0. The molecule has 0 spiro atoms. The molecule has 53 heavy (non-hydrogen) atoms. The van der Waals surface area contributed by atoms with Gasteiger partial charge < -0.3 is 20.4 Å². The molecule has 0 aromatic heterocycles. The van der Waals surface area contributed by atoms with Crippen molar-refractivity contribution in [3.05, 3.63) is 201 Å². The predicted molar refractivity (Wildman–Crippen MR) is 201 cm³/mol. The molecule has 0 aliphatic rings. The minimum Gasteiger partial charge on any atom is -0.872 e. The van der Waals surface area contributed by atoms with Gasteiger partial charge in [0.05, 0.1) is 11.1 Å². The van der Waals surface area contributed by atoms with Gasteiger partial charge >= 0.3 is 31.4 Å². The van der Waals surface area contributed by atoms with E-state index in [1.807, 2.05) is 60.7 Å². The van der Waals surface area contributed by atoms with Crippen LogP contribution in [0.15, 0.2) is 146 Å². The molecule has 2 atom stereocenters. The van der Waals surface area contributed by atoms with Gasteiger partial charge in [0.2, 0.25) is 0 Å². The van der Waals surface area contributed by atoms with Gasteiger partial charge in [0.1, 0.15) is 0 Å². The Morgan fingerprint density at radius 3 is 1.17 bits per heavy atom. The summed E-state index contributed by atoms with van der Waals surface area (Å²) in [6, 6.07) is 46.8. The fourth-order valence-electron chi connectivity index (χ4n) is 6.36. The van der Waals surface area contributed by atoms with Crippen LogP contribution in [0.1, 0.15) is 90.9 Å². The van der Waals surface area contributed by atoms with Crippen molar-refractivity contribution in [2.45, 2.75) is 51.4 Å². The van der Waals surface area contributed by atoms with E-state index in [0.29, 0.717) is 48.6 Å². The zero-order valence-electron chi connectivity index (χ0n) is 30.1. The third-order valence-electron chi connectivity index (χ3n) is 9.52. The first-order valence-corrected chi connectivity index (χ1v) is 17.4. The topological polar surface area (TPSA) is 121 Å². The van der Waals surface area contributed by atoms with Gasteiger partial charge in [-0.05, 0) is 71.2 Å². The number of aromatic carboxylic acids is 2. The van der Waals surface area contributed by atoms with E-state index >= 15 is 0 Å². The van der Waals surface area contributed by atoms with Crippen LogP contribution in [0.2, 0.25) is 0 Å². The summed E-state index contributed by atoms with van der Waals surface area (Å²) in [7, 11) is 0. The first kappa shape index (κ1) is 40.3. The van der Waals surface area contributed by atoms with E-state index < -0.39 is 11.9 Å². The second-order valence-electron chi connectivity index (χ2n) is 13.0. The SMILES string of the molecule is CC(c1ccccc1)c1cccc(CCc2cccc(C(=O)O)c2[O-])c1.CC(c1ccccc1)c1cccc(CCc2cccc(C(=O)O)c2[O-])c1.[Zn+2]. The first-order chi connectivity index (χ1) is 25.1. The molecule has 0 amide bonds. The standard InChI is InChI=1S/2C23H22O3.Zn/c2*1-16(18-8-3-2-4-9-18)20-11-5-7-17(15-20)13-14-19-10-6-12-21(22(19)24)23(25)26;/h2*2-12,15-16,24H,13-14H2,1H3,(H,25,26);/q;;+2/p-2. The number of aryl methyl sites for hydroxylation is 4. The molecule has 6 aromatic carbocycles. The van der Waals surface area contributed by atoms with Gasteiger partial charge in [0.15, 0.2) is 0 Å². The van der Waals surface area contributed by atoms with Crippen molar-refractivity contribution in [1.82, 2.24) is 0 Å². The van der Waals surface area contributed by atoms with Crippen LogP contribution in [0.3, 0.4) is 0 Å². The van der Waals surface area contributed by atoms with Crippen LogP contribution in [-0.4, -0.2) is 22.2 Å². The summed E-state index contributed by atoms with van der Waals surface area (Å²) in [5.74, 6) is -2.52. The van der Waals surface area contributed by atoms with Crippen molar-refractivity contribution in [1.29, 1.82) is 0 Å². The molecule has 0 heterocycles. The molecule has 0 saturated carbocycles. The maximum absolute atomic E-state index is 12.2. The van der Waals surface area contributed by atoms with Crippen LogP contribution in [0, 0.1) is 0 Å². The summed E-state index contributed by atoms with van der Waals surface area (Å²) < 4.78 is 0. The van der Waals surface area contributed by atoms with Crippen molar-refractivity contribution in [3.8, 4) is 11.5 Å². The Bertz CT molecular complexity index is 1960. The fourth-order valence-corrected chi connectivity index (χ4v) is 6.36. The minimum atomic E-state index is -1.17. The summed E-state index contributed by atoms with van der Waals surface area (Å²) in [6.07, 6.45) is 2.47. The van der Waals surface area contributed by atoms with E-state index in [1.54, 1.807) is 24.3 Å². The van der Waals surface area contributed by atoms with Gasteiger partial charge in [-0.25, -0.2) is 9.59 Å². The summed E-state index contributed by atoms with van der Waals surface area (Å²) in [4.78, 5) is 22.2. The molecule has 0 aliphatic heterocycles. The van der Waals surface area contributed by atoms with Crippen molar-refractivity contribution in [2.75, 3.05) is 0 Å². The third-order valence-corrected chi connectivity index (χ3v) is 9.52. The molecule has 0 saturated heterocycles. The van der Waals surface area contributed by atoms with Gasteiger partial charge in [-0.2, -0.15) is 0 Å². The molecule has 6 aromatic rings. The Hall–Kier alpha value is -5.52. The quantitative estimate of drug-likeness (QED) is 0.121. The molecule has 0 aliphatic carbocycles. The van der Waals surface area contributed by atoms with Crippen molar-refractivity contribution >= 4 is 11.9 Å². The number of benzene rings is 6. The summed E-state index contributed by atoms with van der Waals surface area (Å²) in [6.45, 7) is 4.36. The van der Waals surface area contributed by atoms with E-state index in [1.165, 1.54) is 34.4 Å². The normalized spacial score (nSPS) is 11.7. The first-order valence-electron chi connectivity index (χ1n) is 17.4. The van der Waals surface area contributed by atoms with Gasteiger partial charge in [-0.15, -0.1) is 0 Å². The van der Waals surface area contributed by atoms with E-state index in [0.717, 1.165) is 11.1 Å². The molecule has 0 radical (unpaired) electrons. The number of carboxylic acid groups (broad SMARTS) is 2. The molecule has 0 bridgehead atoms. The smallest absolute Gasteiger partial charge is 0.872 e.